The van der Waals surface area contributed by atoms with E-state index in [2.05, 4.69) is 55.4 Å². The first-order chi connectivity index (χ1) is 47.7. The fraction of sp³-hybridized carbons (Fsp3) is 0.950. The van der Waals surface area contributed by atoms with E-state index in [0.717, 1.165) is 114 Å². The molecular weight excluding hydrogens is 1290 g/mol. The van der Waals surface area contributed by atoms with Gasteiger partial charge in [0.05, 0.1) is 26.4 Å². The first-order valence-corrected chi connectivity index (χ1v) is 44.3. The van der Waals surface area contributed by atoms with E-state index < -0.39 is 97.5 Å². The third-order valence-corrected chi connectivity index (χ3v) is 21.2. The van der Waals surface area contributed by atoms with Crippen molar-refractivity contribution in [3.05, 3.63) is 0 Å². The summed E-state index contributed by atoms with van der Waals surface area (Å²) in [6.07, 6.45) is 55.5. The first-order valence-electron chi connectivity index (χ1n) is 41.3. The molecule has 0 radical (unpaired) electrons. The molecule has 3 N–H and O–H groups in total. The lowest BCUT2D eigenvalue weighted by atomic mass is 9.99. The molecule has 0 aliphatic carbocycles. The summed E-state index contributed by atoms with van der Waals surface area (Å²) in [5.74, 6) is 1.02. The fourth-order valence-corrected chi connectivity index (χ4v) is 13.8. The second kappa shape index (κ2) is 69.1. The van der Waals surface area contributed by atoms with Gasteiger partial charge in [0.1, 0.15) is 19.3 Å². The maximum absolute atomic E-state index is 13.1. The van der Waals surface area contributed by atoms with Crippen LogP contribution in [0.5, 0.6) is 0 Å². The summed E-state index contributed by atoms with van der Waals surface area (Å²) in [6, 6.07) is 0. The van der Waals surface area contributed by atoms with Crippen LogP contribution in [0.4, 0.5) is 0 Å². The van der Waals surface area contributed by atoms with Crippen LogP contribution < -0.4 is 0 Å². The molecule has 0 saturated heterocycles. The van der Waals surface area contributed by atoms with Crippen LogP contribution in [0.2, 0.25) is 0 Å². The Kier molecular flexibility index (Phi) is 67.8. The van der Waals surface area contributed by atoms with Crippen molar-refractivity contribution in [1.29, 1.82) is 0 Å². The first kappa shape index (κ1) is 97.1. The molecule has 0 rings (SSSR count). The summed E-state index contributed by atoms with van der Waals surface area (Å²) in [4.78, 5) is 73.0. The van der Waals surface area contributed by atoms with Crippen molar-refractivity contribution >= 4 is 39.5 Å². The lowest BCUT2D eigenvalue weighted by molar-refractivity contribution is -0.161. The van der Waals surface area contributed by atoms with Crippen molar-refractivity contribution in [3.8, 4) is 0 Å². The number of unbranched alkanes of at least 4 members (excludes halogenated alkanes) is 41. The molecule has 0 bridgehead atoms. The predicted molar refractivity (Wildman–Crippen MR) is 404 cm³/mol. The fourth-order valence-electron chi connectivity index (χ4n) is 12.2. The van der Waals surface area contributed by atoms with Gasteiger partial charge in [-0.25, -0.2) is 9.13 Å². The van der Waals surface area contributed by atoms with Gasteiger partial charge in [-0.3, -0.25) is 37.3 Å². The summed E-state index contributed by atoms with van der Waals surface area (Å²) in [5.41, 5.74) is 0. The number of phosphoric ester groups is 2. The Morgan fingerprint density at radius 2 is 0.485 bits per heavy atom. The Morgan fingerprint density at radius 3 is 0.717 bits per heavy atom. The molecule has 19 heteroatoms. The molecule has 0 amide bonds. The Morgan fingerprint density at radius 1 is 0.283 bits per heavy atom. The summed E-state index contributed by atoms with van der Waals surface area (Å²) < 4.78 is 68.7. The molecule has 0 aliphatic heterocycles. The smallest absolute Gasteiger partial charge is 0.462 e. The number of phosphoric acid groups is 2. The summed E-state index contributed by atoms with van der Waals surface area (Å²) in [6.45, 7) is 14.3. The van der Waals surface area contributed by atoms with E-state index in [1.165, 1.54) is 205 Å². The van der Waals surface area contributed by atoms with Crippen LogP contribution in [0.15, 0.2) is 0 Å². The van der Waals surface area contributed by atoms with Gasteiger partial charge in [-0.05, 0) is 49.4 Å². The highest BCUT2D eigenvalue weighted by atomic mass is 31.2. The van der Waals surface area contributed by atoms with E-state index >= 15 is 0 Å². The van der Waals surface area contributed by atoms with Gasteiger partial charge in [0, 0.05) is 25.7 Å². The van der Waals surface area contributed by atoms with E-state index in [-0.39, 0.29) is 25.7 Å². The van der Waals surface area contributed by atoms with Crippen LogP contribution in [0.25, 0.3) is 0 Å². The molecule has 588 valence electrons. The quantitative estimate of drug-likeness (QED) is 0.0222. The summed E-state index contributed by atoms with van der Waals surface area (Å²) in [7, 11) is -9.92. The second-order valence-electron chi connectivity index (χ2n) is 30.2. The number of esters is 4. The van der Waals surface area contributed by atoms with Crippen LogP contribution in [-0.4, -0.2) is 96.7 Å². The Bertz CT molecular complexity index is 1940. The largest absolute Gasteiger partial charge is 0.472 e. The average Bonchev–Trinajstić information content (AvgIpc) is 1.02. The van der Waals surface area contributed by atoms with Crippen molar-refractivity contribution in [3.63, 3.8) is 0 Å². The van der Waals surface area contributed by atoms with Crippen molar-refractivity contribution in [2.75, 3.05) is 39.6 Å². The minimum Gasteiger partial charge on any atom is -0.462 e. The van der Waals surface area contributed by atoms with Gasteiger partial charge in [0.25, 0.3) is 0 Å². The van der Waals surface area contributed by atoms with E-state index in [9.17, 15) is 43.2 Å². The highest BCUT2D eigenvalue weighted by Gasteiger charge is 2.30. The molecule has 0 spiro atoms. The van der Waals surface area contributed by atoms with Gasteiger partial charge in [0.2, 0.25) is 0 Å². The number of ether oxygens (including phenoxy) is 4. The van der Waals surface area contributed by atoms with E-state index in [4.69, 9.17) is 37.0 Å². The van der Waals surface area contributed by atoms with Gasteiger partial charge in [-0.1, -0.05) is 357 Å². The standard InChI is InChI=1S/C80H156O17P2/c1-9-72(7)58-50-42-34-26-21-23-28-36-44-52-60-77(82)90-66-75(96-79(84)62-54-46-37-29-20-18-16-14-12-11-13-15-17-19-25-32-40-48-56-70(3)4)68-94-98(86,87)92-64-74(81)65-93-99(88,89)95-69-76(67-91-78(83)61-53-45-39-31-33-41-49-57-71(5)6)97-80(85)63-55-47-38-30-24-22-27-35-43-51-59-73(8)10-2/h70-76,81H,9-69H2,1-8H3,(H,86,87)(H,88,89)/t72?,73?,74?,75-,76-/m1/s1. The van der Waals surface area contributed by atoms with Crippen LogP contribution in [0.3, 0.4) is 0 Å². The monoisotopic (exact) mass is 1450 g/mol. The number of hydrogen-bond donors (Lipinski definition) is 3. The maximum atomic E-state index is 13.1. The van der Waals surface area contributed by atoms with Gasteiger partial charge in [-0.15, -0.1) is 0 Å². The van der Waals surface area contributed by atoms with Crippen molar-refractivity contribution in [1.82, 2.24) is 0 Å². The van der Waals surface area contributed by atoms with Gasteiger partial charge < -0.3 is 33.8 Å². The predicted octanol–water partition coefficient (Wildman–Crippen LogP) is 23.6. The normalized spacial score (nSPS) is 14.6. The summed E-state index contributed by atoms with van der Waals surface area (Å²) >= 11 is 0. The molecule has 0 aromatic carbocycles. The van der Waals surface area contributed by atoms with Crippen molar-refractivity contribution in [2.24, 2.45) is 23.7 Å². The summed E-state index contributed by atoms with van der Waals surface area (Å²) in [5, 5.41) is 10.6. The van der Waals surface area contributed by atoms with Crippen LogP contribution in [0.1, 0.15) is 409 Å². The minimum atomic E-state index is -4.96. The Hall–Kier alpha value is -1.94. The zero-order chi connectivity index (χ0) is 73.1. The number of carbonyl (C=O) groups excluding carboxylic acids is 4. The number of aliphatic hydroxyl groups is 1. The highest BCUT2D eigenvalue weighted by Crippen LogP contribution is 2.45. The SMILES string of the molecule is CCC(C)CCCCCCCCCCCCC(=O)OC[C@H](COP(=O)(O)OCC(O)COP(=O)(O)OC[C@@H](COC(=O)CCCCCCCCCC(C)C)OC(=O)CCCCCCCCCCCCC(C)CC)OC(=O)CCCCCCCCCCCCCCCCCCCCC(C)C. The van der Waals surface area contributed by atoms with Crippen molar-refractivity contribution in [2.45, 2.75) is 427 Å². The Labute approximate surface area is 607 Å². The molecule has 0 aromatic heterocycles. The Balaban J connectivity index is 5.23. The van der Waals surface area contributed by atoms with Gasteiger partial charge >= 0.3 is 39.5 Å². The van der Waals surface area contributed by atoms with Crippen molar-refractivity contribution < 1.29 is 80.2 Å². The number of aliphatic hydroxyl groups excluding tert-OH is 1. The lowest BCUT2D eigenvalue weighted by Crippen LogP contribution is -2.30. The molecule has 17 nitrogen and oxygen atoms in total. The molecular formula is C80H156O17P2. The van der Waals surface area contributed by atoms with E-state index in [0.29, 0.717) is 31.6 Å². The molecule has 5 unspecified atom stereocenters. The van der Waals surface area contributed by atoms with E-state index in [1.54, 1.807) is 0 Å². The van der Waals surface area contributed by atoms with Gasteiger partial charge in [0.15, 0.2) is 12.2 Å². The lowest BCUT2D eigenvalue weighted by Gasteiger charge is -2.21. The molecule has 0 aromatic rings. The highest BCUT2D eigenvalue weighted by molar-refractivity contribution is 7.47. The van der Waals surface area contributed by atoms with Crippen LogP contribution in [0, 0.1) is 23.7 Å². The third-order valence-electron chi connectivity index (χ3n) is 19.3. The zero-order valence-electron chi connectivity index (χ0n) is 65.1. The number of hydrogen-bond acceptors (Lipinski definition) is 15. The molecule has 7 atom stereocenters. The number of rotatable bonds is 77. The van der Waals surface area contributed by atoms with E-state index in [1.807, 2.05) is 0 Å². The third kappa shape index (κ3) is 71.5. The molecule has 0 heterocycles. The average molecular weight is 1450 g/mol. The van der Waals surface area contributed by atoms with Gasteiger partial charge in [-0.2, -0.15) is 0 Å². The topological polar surface area (TPSA) is 237 Å². The second-order valence-corrected chi connectivity index (χ2v) is 33.1. The minimum absolute atomic E-state index is 0.105. The van der Waals surface area contributed by atoms with Crippen LogP contribution in [-0.2, 0) is 65.4 Å². The molecule has 0 fully saturated rings. The zero-order valence-corrected chi connectivity index (χ0v) is 66.9. The van der Waals surface area contributed by atoms with Crippen LogP contribution >= 0.6 is 15.6 Å². The molecule has 0 saturated carbocycles. The number of carbonyl (C=O) groups is 4. The maximum Gasteiger partial charge on any atom is 0.472 e. The molecule has 99 heavy (non-hydrogen) atoms. The molecule has 0 aliphatic rings.